The van der Waals surface area contributed by atoms with Crippen LogP contribution in [0.2, 0.25) is 0 Å². The van der Waals surface area contributed by atoms with Gasteiger partial charge in [-0.3, -0.25) is 13.9 Å². The summed E-state index contributed by atoms with van der Waals surface area (Å²) in [4.78, 5) is 37.7. The number of anilines is 1. The van der Waals surface area contributed by atoms with E-state index < -0.39 is 23.1 Å². The van der Waals surface area contributed by atoms with Crippen molar-refractivity contribution in [3.05, 3.63) is 72.0 Å². The van der Waals surface area contributed by atoms with E-state index in [4.69, 9.17) is 4.74 Å². The Kier molecular flexibility index (Phi) is 4.62. The molecule has 0 amide bonds. The van der Waals surface area contributed by atoms with E-state index in [2.05, 4.69) is 21.2 Å². The molecule has 3 rings (SSSR count). The highest BCUT2D eigenvalue weighted by Crippen LogP contribution is 2.40. The molecular formula is C18H18BrN3O4. The van der Waals surface area contributed by atoms with Gasteiger partial charge >= 0.3 is 11.7 Å². The van der Waals surface area contributed by atoms with E-state index in [0.29, 0.717) is 22.7 Å². The first kappa shape index (κ1) is 18.2. The number of hydrogen-bond acceptors (Lipinski definition) is 5. The number of nitrogens with zero attached hydrogens (tertiary/aromatic N) is 2. The molecule has 1 unspecified atom stereocenters. The molecule has 0 saturated heterocycles. The van der Waals surface area contributed by atoms with Crippen molar-refractivity contribution in [3.8, 4) is 0 Å². The van der Waals surface area contributed by atoms with E-state index in [1.807, 2.05) is 24.3 Å². The normalized spacial score (nSPS) is 16.1. The summed E-state index contributed by atoms with van der Waals surface area (Å²) in [5, 5.41) is 3.03. The molecule has 0 saturated carbocycles. The highest BCUT2D eigenvalue weighted by atomic mass is 79.9. The SMILES string of the molecule is COC(=O)C1=C(C)Nc2c(c(=O)n(C)c(=O)n2C)C1c1cccc(Br)c1. The summed E-state index contributed by atoms with van der Waals surface area (Å²) in [5.74, 6) is -0.795. The van der Waals surface area contributed by atoms with Crippen molar-refractivity contribution >= 4 is 27.7 Å². The molecule has 136 valence electrons. The zero-order valence-corrected chi connectivity index (χ0v) is 16.4. The van der Waals surface area contributed by atoms with Gasteiger partial charge in [0.05, 0.1) is 24.2 Å². The molecule has 2 heterocycles. The van der Waals surface area contributed by atoms with Gasteiger partial charge in [0, 0.05) is 24.3 Å². The molecule has 1 aromatic heterocycles. The lowest BCUT2D eigenvalue weighted by Crippen LogP contribution is -2.43. The molecule has 8 heteroatoms. The Bertz CT molecular complexity index is 1070. The summed E-state index contributed by atoms with van der Waals surface area (Å²) in [6, 6.07) is 7.38. The Balaban J connectivity index is 2.43. The summed E-state index contributed by atoms with van der Waals surface area (Å²) in [6.45, 7) is 1.72. The standard InChI is InChI=1S/C18H18BrN3O4/c1-9-12(17(24)26-4)13(10-6-5-7-11(19)8-10)14-15(20-9)21(2)18(25)22(3)16(14)23/h5-8,13,20H,1-4H3. The number of methoxy groups -OCH3 is 1. The first-order valence-corrected chi connectivity index (χ1v) is 8.68. The number of hydrogen-bond donors (Lipinski definition) is 1. The van der Waals surface area contributed by atoms with Crippen molar-refractivity contribution in [3.63, 3.8) is 0 Å². The van der Waals surface area contributed by atoms with E-state index >= 15 is 0 Å². The van der Waals surface area contributed by atoms with Gasteiger partial charge < -0.3 is 10.1 Å². The fourth-order valence-electron chi connectivity index (χ4n) is 3.29. The quantitative estimate of drug-likeness (QED) is 0.751. The monoisotopic (exact) mass is 419 g/mol. The van der Waals surface area contributed by atoms with Gasteiger partial charge in [0.1, 0.15) is 5.82 Å². The van der Waals surface area contributed by atoms with Crippen LogP contribution in [0.5, 0.6) is 0 Å². The Morgan fingerprint density at radius 1 is 1.23 bits per heavy atom. The average molecular weight is 420 g/mol. The maximum atomic E-state index is 12.9. The van der Waals surface area contributed by atoms with E-state index in [1.54, 1.807) is 14.0 Å². The minimum Gasteiger partial charge on any atom is -0.466 e. The number of allylic oxidation sites excluding steroid dienone is 1. The van der Waals surface area contributed by atoms with E-state index in [9.17, 15) is 14.4 Å². The van der Waals surface area contributed by atoms with Crippen LogP contribution in [0.1, 0.15) is 24.0 Å². The lowest BCUT2D eigenvalue weighted by molar-refractivity contribution is -0.136. The number of rotatable bonds is 2. The van der Waals surface area contributed by atoms with Crippen LogP contribution in [0.15, 0.2) is 49.6 Å². The number of nitrogens with one attached hydrogen (secondary N) is 1. The number of benzene rings is 1. The number of carbonyl (C=O) groups is 1. The minimum atomic E-state index is -0.651. The van der Waals surface area contributed by atoms with Crippen molar-refractivity contribution < 1.29 is 9.53 Å². The summed E-state index contributed by atoms with van der Waals surface area (Å²) in [5.41, 5.74) is 1.07. The van der Waals surface area contributed by atoms with Gasteiger partial charge in [-0.25, -0.2) is 9.59 Å². The average Bonchev–Trinajstić information content (AvgIpc) is 2.63. The summed E-state index contributed by atoms with van der Waals surface area (Å²) < 4.78 is 8.19. The molecule has 1 N–H and O–H groups in total. The van der Waals surface area contributed by atoms with Crippen LogP contribution < -0.4 is 16.6 Å². The van der Waals surface area contributed by atoms with Crippen LogP contribution in [-0.4, -0.2) is 22.2 Å². The van der Waals surface area contributed by atoms with Crippen molar-refractivity contribution in [2.45, 2.75) is 12.8 Å². The minimum absolute atomic E-state index is 0.332. The Hall–Kier alpha value is -2.61. The smallest absolute Gasteiger partial charge is 0.336 e. The molecule has 0 aliphatic carbocycles. The maximum absolute atomic E-state index is 12.9. The van der Waals surface area contributed by atoms with Gasteiger partial charge in [-0.05, 0) is 24.6 Å². The summed E-state index contributed by atoms with van der Waals surface area (Å²) in [7, 11) is 4.31. The van der Waals surface area contributed by atoms with Gasteiger partial charge in [0.15, 0.2) is 0 Å². The van der Waals surface area contributed by atoms with Crippen LogP contribution in [0.4, 0.5) is 5.82 Å². The maximum Gasteiger partial charge on any atom is 0.336 e. The second kappa shape index (κ2) is 6.60. The second-order valence-corrected chi connectivity index (χ2v) is 7.03. The second-order valence-electron chi connectivity index (χ2n) is 6.11. The third-order valence-corrected chi connectivity index (χ3v) is 5.07. The van der Waals surface area contributed by atoms with E-state index in [1.165, 1.54) is 18.7 Å². The first-order valence-electron chi connectivity index (χ1n) is 7.89. The lowest BCUT2D eigenvalue weighted by atomic mass is 9.82. The molecular weight excluding hydrogens is 402 g/mol. The molecule has 2 aromatic rings. The van der Waals surface area contributed by atoms with Crippen molar-refractivity contribution in [2.75, 3.05) is 12.4 Å². The molecule has 1 atom stereocenters. The van der Waals surface area contributed by atoms with E-state index in [0.717, 1.165) is 14.6 Å². The molecule has 0 bridgehead atoms. The molecule has 7 nitrogen and oxygen atoms in total. The number of carbonyl (C=O) groups excluding carboxylic acids is 1. The van der Waals surface area contributed by atoms with Crippen LogP contribution in [-0.2, 0) is 23.6 Å². The lowest BCUT2D eigenvalue weighted by Gasteiger charge is -2.30. The third-order valence-electron chi connectivity index (χ3n) is 4.57. The molecule has 0 spiro atoms. The van der Waals surface area contributed by atoms with Crippen molar-refractivity contribution in [1.29, 1.82) is 0 Å². The first-order chi connectivity index (χ1) is 12.3. The predicted octanol–water partition coefficient (Wildman–Crippen LogP) is 1.85. The van der Waals surface area contributed by atoms with Crippen LogP contribution >= 0.6 is 15.9 Å². The van der Waals surface area contributed by atoms with Gasteiger partial charge in [0.25, 0.3) is 5.56 Å². The van der Waals surface area contributed by atoms with Crippen LogP contribution in [0, 0.1) is 0 Å². The number of esters is 1. The van der Waals surface area contributed by atoms with E-state index in [-0.39, 0.29) is 0 Å². The molecule has 0 radical (unpaired) electrons. The molecule has 26 heavy (non-hydrogen) atoms. The summed E-state index contributed by atoms with van der Waals surface area (Å²) >= 11 is 3.43. The van der Waals surface area contributed by atoms with Crippen LogP contribution in [0.3, 0.4) is 0 Å². The molecule has 1 aromatic carbocycles. The predicted molar refractivity (Wildman–Crippen MR) is 101 cm³/mol. The fourth-order valence-corrected chi connectivity index (χ4v) is 3.70. The zero-order valence-electron chi connectivity index (χ0n) is 14.8. The molecule has 0 fully saturated rings. The van der Waals surface area contributed by atoms with Gasteiger partial charge in [-0.1, -0.05) is 28.1 Å². The Morgan fingerprint density at radius 2 is 1.92 bits per heavy atom. The number of halogens is 1. The Labute approximate surface area is 158 Å². The van der Waals surface area contributed by atoms with Gasteiger partial charge in [-0.2, -0.15) is 0 Å². The van der Waals surface area contributed by atoms with Crippen molar-refractivity contribution in [1.82, 2.24) is 9.13 Å². The number of aromatic nitrogens is 2. The third kappa shape index (κ3) is 2.70. The van der Waals surface area contributed by atoms with Crippen LogP contribution in [0.25, 0.3) is 0 Å². The zero-order chi connectivity index (χ0) is 19.2. The fraction of sp³-hybridized carbons (Fsp3) is 0.278. The number of ether oxygens (including phenoxy) is 1. The molecule has 1 aliphatic rings. The molecule has 1 aliphatic heterocycles. The van der Waals surface area contributed by atoms with Gasteiger partial charge in [-0.15, -0.1) is 0 Å². The largest absolute Gasteiger partial charge is 0.466 e. The van der Waals surface area contributed by atoms with Gasteiger partial charge in [0.2, 0.25) is 0 Å². The van der Waals surface area contributed by atoms with Crippen molar-refractivity contribution in [2.24, 2.45) is 14.1 Å². The Morgan fingerprint density at radius 3 is 2.54 bits per heavy atom. The highest BCUT2D eigenvalue weighted by molar-refractivity contribution is 9.10. The number of fused-ring (bicyclic) bond motifs is 1. The highest BCUT2D eigenvalue weighted by Gasteiger charge is 2.37. The topological polar surface area (TPSA) is 82.3 Å². The summed E-state index contributed by atoms with van der Waals surface area (Å²) in [6.07, 6.45) is 0.